The van der Waals surface area contributed by atoms with Crippen molar-refractivity contribution in [1.29, 1.82) is 0 Å². The van der Waals surface area contributed by atoms with Crippen molar-refractivity contribution in [3.8, 4) is 0 Å². The summed E-state index contributed by atoms with van der Waals surface area (Å²) in [6.07, 6.45) is 8.32. The summed E-state index contributed by atoms with van der Waals surface area (Å²) >= 11 is 0. The van der Waals surface area contributed by atoms with Gasteiger partial charge in [-0.25, -0.2) is 28.8 Å². The second kappa shape index (κ2) is 17.5. The second-order valence-electron chi connectivity index (χ2n) is 5.74. The van der Waals surface area contributed by atoms with E-state index < -0.39 is 0 Å². The Hall–Kier alpha value is -6.06. The Morgan fingerprint density at radius 2 is 0.694 bits per heavy atom. The molecule has 174 valence electrons. The van der Waals surface area contributed by atoms with Gasteiger partial charge in [0.1, 0.15) is 11.4 Å². The third-order valence-corrected chi connectivity index (χ3v) is 3.59. The number of hydrogen-bond acceptors (Lipinski definition) is 12. The molecule has 0 atom stereocenters. The molecule has 12 heteroatoms. The minimum Gasteiger partial charge on any atom is -0.211 e. The highest BCUT2D eigenvalue weighted by Gasteiger charge is 1.96. The zero-order valence-corrected chi connectivity index (χ0v) is 18.1. The average molecular weight is 480 g/mol. The Balaban J connectivity index is 0.000000270. The van der Waals surface area contributed by atoms with Crippen LogP contribution in [0.4, 0.5) is 34.1 Å². The van der Waals surface area contributed by atoms with Crippen molar-refractivity contribution in [2.75, 3.05) is 0 Å². The fourth-order valence-electron chi connectivity index (χ4n) is 2.20. The van der Waals surface area contributed by atoms with E-state index in [2.05, 4.69) is 30.0 Å². The molecule has 36 heavy (non-hydrogen) atoms. The Bertz CT molecular complexity index is 1360. The van der Waals surface area contributed by atoms with Crippen molar-refractivity contribution < 1.29 is 28.8 Å². The lowest BCUT2D eigenvalue weighted by Crippen LogP contribution is -1.66. The van der Waals surface area contributed by atoms with Gasteiger partial charge in [0, 0.05) is 0 Å². The van der Waals surface area contributed by atoms with E-state index in [0.29, 0.717) is 34.1 Å². The first-order valence-corrected chi connectivity index (χ1v) is 9.38. The molecule has 3 aromatic rings. The molecule has 0 bridgehead atoms. The molecule has 0 saturated heterocycles. The zero-order valence-electron chi connectivity index (χ0n) is 18.1. The number of benzene rings is 3. The van der Waals surface area contributed by atoms with Gasteiger partial charge in [-0.05, 0) is 54.6 Å². The molecular weight excluding hydrogens is 468 g/mol. The van der Waals surface area contributed by atoms with Crippen molar-refractivity contribution in [3.63, 3.8) is 0 Å². The summed E-state index contributed by atoms with van der Waals surface area (Å²) in [7, 11) is 0. The van der Waals surface area contributed by atoms with E-state index in [9.17, 15) is 28.8 Å². The van der Waals surface area contributed by atoms with E-state index >= 15 is 0 Å². The molecule has 0 radical (unpaired) electrons. The van der Waals surface area contributed by atoms with E-state index in [1.807, 2.05) is 0 Å². The predicted octanol–water partition coefficient (Wildman–Crippen LogP) is 4.86. The molecular formula is C24H12N6O6. The van der Waals surface area contributed by atoms with Crippen molar-refractivity contribution in [1.82, 2.24) is 0 Å². The van der Waals surface area contributed by atoms with Crippen LogP contribution in [-0.4, -0.2) is 36.5 Å². The van der Waals surface area contributed by atoms with Crippen LogP contribution in [0.2, 0.25) is 0 Å². The molecule has 0 spiro atoms. The summed E-state index contributed by atoms with van der Waals surface area (Å²) in [6.45, 7) is 0. The van der Waals surface area contributed by atoms with Gasteiger partial charge in [-0.3, -0.25) is 0 Å². The van der Waals surface area contributed by atoms with Gasteiger partial charge in [-0.15, -0.1) is 0 Å². The van der Waals surface area contributed by atoms with Crippen LogP contribution in [0.1, 0.15) is 0 Å². The molecule has 0 N–H and O–H groups in total. The number of para-hydroxylation sites is 2. The van der Waals surface area contributed by atoms with Crippen LogP contribution in [0.25, 0.3) is 0 Å². The molecule has 3 aromatic carbocycles. The van der Waals surface area contributed by atoms with E-state index in [1.54, 1.807) is 66.7 Å². The van der Waals surface area contributed by atoms with Crippen LogP contribution in [-0.2, 0) is 28.8 Å². The van der Waals surface area contributed by atoms with Crippen LogP contribution < -0.4 is 0 Å². The average Bonchev–Trinajstić information content (AvgIpc) is 2.89. The molecule has 0 heterocycles. The van der Waals surface area contributed by atoms with Crippen LogP contribution in [0.3, 0.4) is 0 Å². The van der Waals surface area contributed by atoms with Gasteiger partial charge in [0.05, 0.1) is 22.7 Å². The third kappa shape index (κ3) is 11.0. The van der Waals surface area contributed by atoms with Gasteiger partial charge in [0.2, 0.25) is 36.5 Å². The van der Waals surface area contributed by atoms with Gasteiger partial charge in [0.15, 0.2) is 0 Å². The quantitative estimate of drug-likeness (QED) is 0.359. The number of carbonyl (C=O) groups excluding carboxylic acids is 6. The fraction of sp³-hybridized carbons (Fsp3) is 0. The minimum absolute atomic E-state index is 0.316. The first kappa shape index (κ1) is 28.0. The van der Waals surface area contributed by atoms with Crippen molar-refractivity contribution in [2.45, 2.75) is 0 Å². The van der Waals surface area contributed by atoms with Gasteiger partial charge in [-0.2, -0.15) is 30.0 Å². The van der Waals surface area contributed by atoms with Crippen LogP contribution in [0, 0.1) is 0 Å². The lowest BCUT2D eigenvalue weighted by atomic mass is 10.3. The fourth-order valence-corrected chi connectivity index (χ4v) is 2.20. The van der Waals surface area contributed by atoms with Gasteiger partial charge < -0.3 is 0 Å². The highest BCUT2D eigenvalue weighted by molar-refractivity contribution is 5.67. The summed E-state index contributed by atoms with van der Waals surface area (Å²) in [5.74, 6) is 0. The molecule has 0 saturated carbocycles. The normalized spacial score (nSPS) is 8.00. The highest BCUT2D eigenvalue weighted by atomic mass is 16.1. The third-order valence-electron chi connectivity index (χ3n) is 3.59. The second-order valence-corrected chi connectivity index (χ2v) is 5.74. The lowest BCUT2D eigenvalue weighted by molar-refractivity contribution is 0.564. The number of aliphatic imine (C=N–C) groups is 6. The molecule has 0 aliphatic carbocycles. The molecule has 0 aromatic heterocycles. The maximum absolute atomic E-state index is 9.90. The van der Waals surface area contributed by atoms with Gasteiger partial charge in [-0.1, -0.05) is 18.2 Å². The molecule has 3 rings (SSSR count). The highest BCUT2D eigenvalue weighted by Crippen LogP contribution is 2.25. The SMILES string of the molecule is O=C=Nc1ccc(N=C=O)cc1.O=C=Nc1cccc(N=C=O)c1.O=C=Nc1ccccc1N=C=O. The first-order chi connectivity index (χ1) is 17.6. The molecule has 0 fully saturated rings. The van der Waals surface area contributed by atoms with Crippen molar-refractivity contribution in [2.24, 2.45) is 30.0 Å². The topological polar surface area (TPSA) is 177 Å². The molecule has 0 amide bonds. The Morgan fingerprint density at radius 1 is 0.361 bits per heavy atom. The first-order valence-electron chi connectivity index (χ1n) is 9.38. The summed E-state index contributed by atoms with van der Waals surface area (Å²) in [6, 6.07) is 19.0. The zero-order chi connectivity index (χ0) is 26.4. The summed E-state index contributed by atoms with van der Waals surface area (Å²) < 4.78 is 0. The Kier molecular flexibility index (Phi) is 13.6. The van der Waals surface area contributed by atoms with Crippen LogP contribution in [0.5, 0.6) is 0 Å². The van der Waals surface area contributed by atoms with E-state index in [1.165, 1.54) is 42.5 Å². The van der Waals surface area contributed by atoms with Gasteiger partial charge in [0.25, 0.3) is 0 Å². The largest absolute Gasteiger partial charge is 0.240 e. The number of isocyanates is 6. The van der Waals surface area contributed by atoms with E-state index in [0.717, 1.165) is 0 Å². The van der Waals surface area contributed by atoms with Crippen molar-refractivity contribution >= 4 is 70.6 Å². The molecule has 0 unspecified atom stereocenters. The Morgan fingerprint density at radius 3 is 1.03 bits per heavy atom. The van der Waals surface area contributed by atoms with E-state index in [4.69, 9.17) is 0 Å². The summed E-state index contributed by atoms with van der Waals surface area (Å²) in [5.41, 5.74) is 2.43. The lowest BCUT2D eigenvalue weighted by Gasteiger charge is -1.92. The monoisotopic (exact) mass is 480 g/mol. The van der Waals surface area contributed by atoms with Crippen LogP contribution in [0.15, 0.2) is 103 Å². The van der Waals surface area contributed by atoms with Gasteiger partial charge >= 0.3 is 0 Å². The molecule has 0 aliphatic rings. The smallest absolute Gasteiger partial charge is 0.211 e. The van der Waals surface area contributed by atoms with Crippen molar-refractivity contribution in [3.05, 3.63) is 72.8 Å². The number of nitrogens with zero attached hydrogens (tertiary/aromatic N) is 6. The van der Waals surface area contributed by atoms with E-state index in [-0.39, 0.29) is 0 Å². The summed E-state index contributed by atoms with van der Waals surface area (Å²) in [5, 5.41) is 0. The molecule has 0 aliphatic heterocycles. The minimum atomic E-state index is 0.316. The maximum Gasteiger partial charge on any atom is 0.240 e. The van der Waals surface area contributed by atoms with Crippen LogP contribution >= 0.6 is 0 Å². The predicted molar refractivity (Wildman–Crippen MR) is 126 cm³/mol. The standard InChI is InChI=1S/3C8H4N2O2/c11-5-9-7-1-2-8(4-3-7)10-6-12;11-5-9-7-2-1-3-8(4-7)10-6-12;11-5-9-7-3-1-2-4-8(7)10-6-12/h3*1-4H. The number of hydrogen-bond donors (Lipinski definition) is 0. The molecule has 12 nitrogen and oxygen atoms in total. The summed E-state index contributed by atoms with van der Waals surface area (Å²) in [4.78, 5) is 79.2. The maximum atomic E-state index is 9.90. The number of rotatable bonds is 6. The Labute approximate surface area is 202 Å².